The van der Waals surface area contributed by atoms with E-state index in [1.165, 1.54) is 24.3 Å². The predicted octanol–water partition coefficient (Wildman–Crippen LogP) is 4.75. The molecule has 0 spiro atoms. The molecule has 0 saturated carbocycles. The van der Waals surface area contributed by atoms with Crippen LogP contribution in [0.2, 0.25) is 18.1 Å². The van der Waals surface area contributed by atoms with Gasteiger partial charge in [0.2, 0.25) is 0 Å². The van der Waals surface area contributed by atoms with E-state index in [1.807, 2.05) is 0 Å². The van der Waals surface area contributed by atoms with Crippen LogP contribution in [-0.4, -0.2) is 43.2 Å². The molecular formula is C15H30O2S2Si. The number of rotatable bonds is 6. The number of ether oxygens (including phenoxy) is 1. The Hall–Kier alpha value is 0.837. The van der Waals surface area contributed by atoms with Crippen LogP contribution in [0.5, 0.6) is 0 Å². The van der Waals surface area contributed by atoms with Crippen molar-refractivity contribution in [3.63, 3.8) is 0 Å². The Labute approximate surface area is 134 Å². The van der Waals surface area contributed by atoms with Crippen LogP contribution < -0.4 is 0 Å². The Bertz CT molecular complexity index is 307. The van der Waals surface area contributed by atoms with Crippen molar-refractivity contribution in [2.75, 3.05) is 18.1 Å². The first-order valence-electron chi connectivity index (χ1n) is 7.80. The topological polar surface area (TPSA) is 21.8 Å². The lowest BCUT2D eigenvalue weighted by Crippen LogP contribution is -2.44. The first-order chi connectivity index (χ1) is 9.28. The molecule has 0 aromatic carbocycles. The average molecular weight is 335 g/mol. The fourth-order valence-corrected chi connectivity index (χ4v) is 6.54. The van der Waals surface area contributed by atoms with Crippen molar-refractivity contribution in [3.8, 4) is 0 Å². The highest BCUT2D eigenvalue weighted by Gasteiger charge is 2.41. The molecule has 2 fully saturated rings. The SMILES string of the molecule is CC(C)(C)[Si](C)(C)O[C@@H](CC1SCCCS1)C[C@@H]1CO1. The third kappa shape index (κ3) is 5.23. The maximum absolute atomic E-state index is 6.69. The van der Waals surface area contributed by atoms with Crippen LogP contribution in [-0.2, 0) is 9.16 Å². The maximum Gasteiger partial charge on any atom is 0.192 e. The number of hydrogen-bond acceptors (Lipinski definition) is 4. The van der Waals surface area contributed by atoms with Gasteiger partial charge in [-0.25, -0.2) is 0 Å². The normalized spacial score (nSPS) is 26.6. The lowest BCUT2D eigenvalue weighted by molar-refractivity contribution is 0.154. The van der Waals surface area contributed by atoms with E-state index in [1.54, 1.807) is 0 Å². The summed E-state index contributed by atoms with van der Waals surface area (Å²) in [5, 5.41) is 0.294. The minimum Gasteiger partial charge on any atom is -0.414 e. The zero-order valence-corrected chi connectivity index (χ0v) is 16.2. The second kappa shape index (κ2) is 6.94. The van der Waals surface area contributed by atoms with E-state index < -0.39 is 8.32 Å². The van der Waals surface area contributed by atoms with Gasteiger partial charge >= 0.3 is 0 Å². The molecule has 2 aliphatic rings. The monoisotopic (exact) mass is 334 g/mol. The highest BCUT2D eigenvalue weighted by molar-refractivity contribution is 8.17. The van der Waals surface area contributed by atoms with Gasteiger partial charge in [-0.05, 0) is 42.5 Å². The smallest absolute Gasteiger partial charge is 0.192 e. The molecule has 5 heteroatoms. The van der Waals surface area contributed by atoms with Gasteiger partial charge in [-0.1, -0.05) is 20.8 Å². The second-order valence-electron chi connectivity index (χ2n) is 7.45. The van der Waals surface area contributed by atoms with Gasteiger partial charge in [-0.3, -0.25) is 0 Å². The van der Waals surface area contributed by atoms with Gasteiger partial charge in [0.05, 0.1) is 17.3 Å². The Kier molecular flexibility index (Phi) is 5.97. The van der Waals surface area contributed by atoms with Crippen LogP contribution in [0.15, 0.2) is 0 Å². The van der Waals surface area contributed by atoms with Crippen molar-refractivity contribution >= 4 is 31.8 Å². The molecule has 0 bridgehead atoms. The van der Waals surface area contributed by atoms with Crippen molar-refractivity contribution in [1.82, 2.24) is 0 Å². The standard InChI is InChI=1S/C15H30O2S2Si/c1-15(2,3)20(4,5)17-12(9-13-11-16-13)10-14-18-7-6-8-19-14/h12-14H,6-11H2,1-5H3/t12-,13-/m1/s1. The molecular weight excluding hydrogens is 304 g/mol. The molecule has 0 aliphatic carbocycles. The molecule has 2 nitrogen and oxygen atoms in total. The number of thioether (sulfide) groups is 2. The van der Waals surface area contributed by atoms with Gasteiger partial charge in [-0.15, -0.1) is 23.5 Å². The molecule has 0 aromatic heterocycles. The van der Waals surface area contributed by atoms with E-state index in [0.29, 0.717) is 17.2 Å². The quantitative estimate of drug-likeness (QED) is 0.516. The van der Waals surface area contributed by atoms with E-state index >= 15 is 0 Å². The summed E-state index contributed by atoms with van der Waals surface area (Å²) in [6, 6.07) is 0. The highest BCUT2D eigenvalue weighted by Crippen LogP contribution is 2.41. The van der Waals surface area contributed by atoms with Crippen LogP contribution in [0.4, 0.5) is 0 Å². The van der Waals surface area contributed by atoms with E-state index in [-0.39, 0.29) is 0 Å². The molecule has 2 saturated heterocycles. The Morgan fingerprint density at radius 1 is 1.20 bits per heavy atom. The Morgan fingerprint density at radius 3 is 2.30 bits per heavy atom. The highest BCUT2D eigenvalue weighted by atomic mass is 32.2. The summed E-state index contributed by atoms with van der Waals surface area (Å²) in [6.45, 7) is 12.7. The van der Waals surface area contributed by atoms with Gasteiger partial charge in [0.15, 0.2) is 8.32 Å². The number of hydrogen-bond donors (Lipinski definition) is 0. The fourth-order valence-electron chi connectivity index (χ4n) is 2.17. The van der Waals surface area contributed by atoms with Gasteiger partial charge in [0.25, 0.3) is 0 Å². The molecule has 118 valence electrons. The predicted molar refractivity (Wildman–Crippen MR) is 94.4 cm³/mol. The van der Waals surface area contributed by atoms with Crippen molar-refractivity contribution in [1.29, 1.82) is 0 Å². The van der Waals surface area contributed by atoms with Crippen LogP contribution in [0.25, 0.3) is 0 Å². The van der Waals surface area contributed by atoms with E-state index in [2.05, 4.69) is 57.4 Å². The van der Waals surface area contributed by atoms with Gasteiger partial charge in [-0.2, -0.15) is 0 Å². The van der Waals surface area contributed by atoms with E-state index in [0.717, 1.165) is 17.6 Å². The summed E-state index contributed by atoms with van der Waals surface area (Å²) < 4.78 is 12.9. The Morgan fingerprint density at radius 2 is 1.80 bits per heavy atom. The summed E-state index contributed by atoms with van der Waals surface area (Å²) in [5.74, 6) is 2.65. The van der Waals surface area contributed by atoms with Crippen LogP contribution in [0.1, 0.15) is 40.0 Å². The largest absolute Gasteiger partial charge is 0.414 e. The number of epoxide rings is 1. The van der Waals surface area contributed by atoms with Crippen LogP contribution in [0, 0.1) is 0 Å². The van der Waals surface area contributed by atoms with E-state index in [9.17, 15) is 0 Å². The van der Waals surface area contributed by atoms with Crippen molar-refractivity contribution < 1.29 is 9.16 Å². The molecule has 0 radical (unpaired) electrons. The molecule has 2 aliphatic heterocycles. The Balaban J connectivity index is 1.91. The third-order valence-corrected chi connectivity index (χ3v) is 12.1. The van der Waals surface area contributed by atoms with E-state index in [4.69, 9.17) is 9.16 Å². The zero-order chi connectivity index (χ0) is 14.8. The molecule has 20 heavy (non-hydrogen) atoms. The molecule has 0 unspecified atom stereocenters. The minimum absolute atomic E-state index is 0.294. The van der Waals surface area contributed by atoms with Gasteiger partial charge < -0.3 is 9.16 Å². The first-order valence-corrected chi connectivity index (χ1v) is 12.8. The molecule has 2 rings (SSSR count). The lowest BCUT2D eigenvalue weighted by Gasteiger charge is -2.40. The summed E-state index contributed by atoms with van der Waals surface area (Å²) in [5.41, 5.74) is 0. The van der Waals surface area contributed by atoms with Crippen molar-refractivity contribution in [2.24, 2.45) is 0 Å². The average Bonchev–Trinajstić information content (AvgIpc) is 3.12. The van der Waals surface area contributed by atoms with Crippen LogP contribution >= 0.6 is 23.5 Å². The summed E-state index contributed by atoms with van der Waals surface area (Å²) in [6.07, 6.45) is 4.53. The molecule has 2 atom stereocenters. The fraction of sp³-hybridized carbons (Fsp3) is 1.00. The summed E-state index contributed by atoms with van der Waals surface area (Å²) in [4.78, 5) is 0. The molecule has 2 heterocycles. The molecule has 0 aromatic rings. The summed E-state index contributed by atoms with van der Waals surface area (Å²) >= 11 is 4.26. The minimum atomic E-state index is -1.67. The third-order valence-electron chi connectivity index (χ3n) is 4.55. The van der Waals surface area contributed by atoms with Gasteiger partial charge in [0.1, 0.15) is 0 Å². The summed E-state index contributed by atoms with van der Waals surface area (Å²) in [7, 11) is -1.67. The second-order valence-corrected chi connectivity index (χ2v) is 15.1. The zero-order valence-electron chi connectivity index (χ0n) is 13.6. The maximum atomic E-state index is 6.69. The molecule has 0 amide bonds. The van der Waals surface area contributed by atoms with Crippen molar-refractivity contribution in [3.05, 3.63) is 0 Å². The van der Waals surface area contributed by atoms with Gasteiger partial charge in [0, 0.05) is 12.5 Å². The van der Waals surface area contributed by atoms with Crippen molar-refractivity contribution in [2.45, 2.75) is 75.0 Å². The van der Waals surface area contributed by atoms with Crippen LogP contribution in [0.3, 0.4) is 0 Å². The first kappa shape index (κ1) is 17.2. The molecule has 0 N–H and O–H groups in total. The lowest BCUT2D eigenvalue weighted by atomic mass is 10.1.